The van der Waals surface area contributed by atoms with Crippen LogP contribution >= 0.6 is 0 Å². The van der Waals surface area contributed by atoms with Gasteiger partial charge < -0.3 is 15.2 Å². The predicted molar refractivity (Wildman–Crippen MR) is 97.8 cm³/mol. The number of carbonyl (C=O) groups is 1. The summed E-state index contributed by atoms with van der Waals surface area (Å²) >= 11 is 0. The molecule has 144 valence electrons. The zero-order valence-corrected chi connectivity index (χ0v) is 15.7. The molecular weight excluding hydrogens is 332 g/mol. The summed E-state index contributed by atoms with van der Waals surface area (Å²) in [6.45, 7) is 5.13. The molecule has 2 heterocycles. The SMILES string of the molecule is CCCN1C(=O)N(CCC)C(O)c2[nH]c(C3CC4CCC(O)C3C4)nc21. The molecule has 2 saturated carbocycles. The molecule has 7 heteroatoms. The van der Waals surface area contributed by atoms with E-state index in [1.807, 2.05) is 13.8 Å². The van der Waals surface area contributed by atoms with Gasteiger partial charge in [-0.05, 0) is 50.4 Å². The van der Waals surface area contributed by atoms with Crippen LogP contribution in [0, 0.1) is 11.8 Å². The summed E-state index contributed by atoms with van der Waals surface area (Å²) in [5.74, 6) is 2.48. The number of fused-ring (bicyclic) bond motifs is 3. The average Bonchev–Trinajstić information content (AvgIpc) is 3.21. The Balaban J connectivity index is 1.69. The van der Waals surface area contributed by atoms with Gasteiger partial charge in [0.25, 0.3) is 0 Å². The van der Waals surface area contributed by atoms with Crippen LogP contribution in [-0.2, 0) is 0 Å². The van der Waals surface area contributed by atoms with Crippen LogP contribution in [0.3, 0.4) is 0 Å². The van der Waals surface area contributed by atoms with Crippen LogP contribution in [0.4, 0.5) is 10.6 Å². The number of hydrogen-bond acceptors (Lipinski definition) is 4. The Hall–Kier alpha value is -1.60. The van der Waals surface area contributed by atoms with Crippen LogP contribution in [0.2, 0.25) is 0 Å². The number of hydrogen-bond donors (Lipinski definition) is 3. The Morgan fingerprint density at radius 3 is 2.65 bits per heavy atom. The van der Waals surface area contributed by atoms with Gasteiger partial charge in [-0.1, -0.05) is 13.8 Å². The highest BCUT2D eigenvalue weighted by molar-refractivity contribution is 5.94. The maximum atomic E-state index is 12.8. The molecule has 0 radical (unpaired) electrons. The van der Waals surface area contributed by atoms with E-state index in [2.05, 4.69) is 4.98 Å². The van der Waals surface area contributed by atoms with E-state index in [0.29, 0.717) is 30.5 Å². The molecule has 1 aliphatic heterocycles. The van der Waals surface area contributed by atoms with Crippen LogP contribution in [0.1, 0.15) is 76.0 Å². The minimum absolute atomic E-state index is 0.169. The van der Waals surface area contributed by atoms with E-state index in [0.717, 1.165) is 44.3 Å². The lowest BCUT2D eigenvalue weighted by Crippen LogP contribution is -2.50. The van der Waals surface area contributed by atoms with Crippen LogP contribution in [0.5, 0.6) is 0 Å². The highest BCUT2D eigenvalue weighted by atomic mass is 16.3. The number of aromatic nitrogens is 2. The summed E-state index contributed by atoms with van der Waals surface area (Å²) in [6.07, 6.45) is 4.42. The number of rotatable bonds is 5. The first-order valence-electron chi connectivity index (χ1n) is 10.1. The highest BCUT2D eigenvalue weighted by Gasteiger charge is 2.46. The van der Waals surface area contributed by atoms with Crippen LogP contribution in [-0.4, -0.2) is 50.3 Å². The van der Waals surface area contributed by atoms with Gasteiger partial charge in [0, 0.05) is 19.0 Å². The second-order valence-corrected chi connectivity index (χ2v) is 8.11. The Labute approximate surface area is 154 Å². The fourth-order valence-corrected chi connectivity index (χ4v) is 5.12. The van der Waals surface area contributed by atoms with Gasteiger partial charge in [-0.3, -0.25) is 9.80 Å². The number of nitrogens with one attached hydrogen (secondary N) is 1. The molecule has 7 nitrogen and oxygen atoms in total. The summed E-state index contributed by atoms with van der Waals surface area (Å²) in [7, 11) is 0. The minimum atomic E-state index is -0.975. The Kier molecular flexibility index (Phi) is 4.69. The Bertz CT molecular complexity index is 676. The van der Waals surface area contributed by atoms with Gasteiger partial charge in [-0.15, -0.1) is 0 Å². The summed E-state index contributed by atoms with van der Waals surface area (Å²) in [6, 6.07) is -0.169. The summed E-state index contributed by atoms with van der Waals surface area (Å²) in [5.41, 5.74) is 0.623. The quantitative estimate of drug-likeness (QED) is 0.751. The number of carbonyl (C=O) groups excluding carboxylic acids is 1. The monoisotopic (exact) mass is 362 g/mol. The lowest BCUT2D eigenvalue weighted by Gasteiger charge is -2.37. The third-order valence-corrected chi connectivity index (χ3v) is 6.35. The van der Waals surface area contributed by atoms with E-state index in [1.165, 1.54) is 4.90 Å². The van der Waals surface area contributed by atoms with E-state index in [-0.39, 0.29) is 24.0 Å². The van der Waals surface area contributed by atoms with E-state index in [9.17, 15) is 15.0 Å². The zero-order valence-electron chi connectivity index (χ0n) is 15.7. The lowest BCUT2D eigenvalue weighted by molar-refractivity contribution is 0.0242. The first-order chi connectivity index (χ1) is 12.5. The molecule has 5 unspecified atom stereocenters. The topological polar surface area (TPSA) is 92.7 Å². The average molecular weight is 362 g/mol. The molecule has 1 aromatic heterocycles. The standard InChI is InChI=1S/C19H30N4O3/c1-3-7-22-17-15(18(25)23(8-4-2)19(22)26)20-16(21-17)13-10-11-5-6-14(24)12(13)9-11/h11-14,18,24-25H,3-10H2,1-2H3,(H,20,21). The fraction of sp³-hybridized carbons (Fsp3) is 0.789. The van der Waals surface area contributed by atoms with Crippen LogP contribution in [0.25, 0.3) is 0 Å². The van der Waals surface area contributed by atoms with Crippen molar-refractivity contribution in [2.24, 2.45) is 11.8 Å². The first kappa shape index (κ1) is 17.8. The largest absolute Gasteiger partial charge is 0.393 e. The summed E-state index contributed by atoms with van der Waals surface area (Å²) in [5, 5.41) is 21.2. The normalized spacial score (nSPS) is 33.7. The van der Waals surface area contributed by atoms with Crippen molar-refractivity contribution in [1.29, 1.82) is 0 Å². The number of nitrogens with zero attached hydrogens (tertiary/aromatic N) is 3. The van der Waals surface area contributed by atoms with Crippen molar-refractivity contribution in [1.82, 2.24) is 14.9 Å². The number of aliphatic hydroxyl groups is 2. The van der Waals surface area contributed by atoms with Crippen molar-refractivity contribution < 1.29 is 15.0 Å². The minimum Gasteiger partial charge on any atom is -0.393 e. The maximum absolute atomic E-state index is 12.8. The number of aromatic amines is 1. The number of H-pyrrole nitrogens is 1. The number of urea groups is 1. The van der Waals surface area contributed by atoms with Gasteiger partial charge in [0.2, 0.25) is 0 Å². The van der Waals surface area contributed by atoms with Crippen molar-refractivity contribution >= 4 is 11.8 Å². The Morgan fingerprint density at radius 1 is 1.15 bits per heavy atom. The number of aliphatic hydroxyl groups excluding tert-OH is 2. The second kappa shape index (κ2) is 6.85. The maximum Gasteiger partial charge on any atom is 0.328 e. The van der Waals surface area contributed by atoms with Gasteiger partial charge in [0.05, 0.1) is 6.10 Å². The van der Waals surface area contributed by atoms with Gasteiger partial charge in [0.15, 0.2) is 12.0 Å². The van der Waals surface area contributed by atoms with Crippen molar-refractivity contribution in [2.45, 2.75) is 70.6 Å². The molecule has 3 aliphatic rings. The lowest BCUT2D eigenvalue weighted by atomic mass is 9.84. The van der Waals surface area contributed by atoms with Crippen molar-refractivity contribution in [2.75, 3.05) is 18.0 Å². The summed E-state index contributed by atoms with van der Waals surface area (Å²) in [4.78, 5) is 24.2. The third kappa shape index (κ3) is 2.72. The van der Waals surface area contributed by atoms with Gasteiger partial charge >= 0.3 is 6.03 Å². The molecule has 2 fully saturated rings. The highest BCUT2D eigenvalue weighted by Crippen LogP contribution is 2.51. The van der Waals surface area contributed by atoms with Crippen LogP contribution in [0.15, 0.2) is 0 Å². The van der Waals surface area contributed by atoms with Gasteiger partial charge in [-0.2, -0.15) is 0 Å². The smallest absolute Gasteiger partial charge is 0.328 e. The molecule has 0 aromatic carbocycles. The first-order valence-corrected chi connectivity index (χ1v) is 10.1. The van der Waals surface area contributed by atoms with E-state index < -0.39 is 6.23 Å². The second-order valence-electron chi connectivity index (χ2n) is 8.11. The zero-order chi connectivity index (χ0) is 18.4. The number of anilines is 1. The molecular formula is C19H30N4O3. The Morgan fingerprint density at radius 2 is 1.92 bits per heavy atom. The van der Waals surface area contributed by atoms with Crippen LogP contribution < -0.4 is 4.90 Å². The molecule has 26 heavy (non-hydrogen) atoms. The number of imidazole rings is 1. The van der Waals surface area contributed by atoms with Crippen molar-refractivity contribution in [3.63, 3.8) is 0 Å². The molecule has 2 bridgehead atoms. The van der Waals surface area contributed by atoms with E-state index in [1.54, 1.807) is 4.90 Å². The van der Waals surface area contributed by atoms with Crippen molar-refractivity contribution in [3.8, 4) is 0 Å². The number of amides is 2. The molecule has 0 saturated heterocycles. The molecule has 0 spiro atoms. The third-order valence-electron chi connectivity index (χ3n) is 6.35. The van der Waals surface area contributed by atoms with Crippen molar-refractivity contribution in [3.05, 3.63) is 11.5 Å². The molecule has 2 amide bonds. The molecule has 4 rings (SSSR count). The van der Waals surface area contributed by atoms with E-state index >= 15 is 0 Å². The van der Waals surface area contributed by atoms with Gasteiger partial charge in [-0.25, -0.2) is 9.78 Å². The fourth-order valence-electron chi connectivity index (χ4n) is 5.12. The van der Waals surface area contributed by atoms with E-state index in [4.69, 9.17) is 4.98 Å². The molecule has 2 aliphatic carbocycles. The van der Waals surface area contributed by atoms with Gasteiger partial charge in [0.1, 0.15) is 11.5 Å². The molecule has 3 N–H and O–H groups in total. The predicted octanol–water partition coefficient (Wildman–Crippen LogP) is 2.73. The molecule has 1 aromatic rings. The molecule has 5 atom stereocenters. The summed E-state index contributed by atoms with van der Waals surface area (Å²) < 4.78 is 0.